The summed E-state index contributed by atoms with van der Waals surface area (Å²) in [4.78, 5) is 0. The van der Waals surface area contributed by atoms with Crippen LogP contribution in [0.15, 0.2) is 24.3 Å². The van der Waals surface area contributed by atoms with Crippen molar-refractivity contribution in [3.63, 3.8) is 0 Å². The highest BCUT2D eigenvalue weighted by molar-refractivity contribution is 7.92. The number of nitrogens with two attached hydrogens (primary N) is 1. The maximum atomic E-state index is 11.1. The fourth-order valence-electron chi connectivity index (χ4n) is 2.14. The quantitative estimate of drug-likeness (QED) is 0.923. The molecule has 0 unspecified atom stereocenters. The van der Waals surface area contributed by atoms with E-state index in [4.69, 9.17) is 22.1 Å². The molecule has 2 aromatic rings. The van der Waals surface area contributed by atoms with Gasteiger partial charge in [0, 0.05) is 18.7 Å². The van der Waals surface area contributed by atoms with Crippen LogP contribution in [0.25, 0.3) is 11.3 Å². The topological polar surface area (TPSA) is 87.2 Å². The zero-order valence-electron chi connectivity index (χ0n) is 11.3. The van der Waals surface area contributed by atoms with E-state index in [0.29, 0.717) is 16.6 Å². The van der Waals surface area contributed by atoms with Crippen LogP contribution in [0.3, 0.4) is 0 Å². The summed E-state index contributed by atoms with van der Waals surface area (Å²) < 4.78 is 29.4. The van der Waals surface area contributed by atoms with E-state index in [9.17, 15) is 8.42 Å². The van der Waals surface area contributed by atoms with Gasteiger partial charge in [0.05, 0.1) is 22.2 Å². The van der Waals surface area contributed by atoms with Crippen LogP contribution >= 0.6 is 11.6 Å². The Kier molecular flexibility index (Phi) is 3.33. The van der Waals surface area contributed by atoms with Gasteiger partial charge in [0.1, 0.15) is 17.7 Å². The molecule has 1 aromatic heterocycles. The lowest BCUT2D eigenvalue weighted by molar-refractivity contribution is 0.230. The highest BCUT2D eigenvalue weighted by Gasteiger charge is 2.35. The van der Waals surface area contributed by atoms with Crippen LogP contribution in [0.2, 0.25) is 5.02 Å². The van der Waals surface area contributed by atoms with Gasteiger partial charge in [-0.15, -0.1) is 0 Å². The predicted molar refractivity (Wildman–Crippen MR) is 81.1 cm³/mol. The Hall–Kier alpha value is -1.73. The average Bonchev–Trinajstić information content (AvgIpc) is 2.70. The minimum atomic E-state index is -2.91. The van der Waals surface area contributed by atoms with E-state index >= 15 is 0 Å². The van der Waals surface area contributed by atoms with Crippen molar-refractivity contribution in [2.75, 3.05) is 17.2 Å². The van der Waals surface area contributed by atoms with Crippen molar-refractivity contribution < 1.29 is 13.2 Å². The molecule has 0 saturated carbocycles. The molecular formula is C13H14ClN3O3S. The van der Waals surface area contributed by atoms with Gasteiger partial charge in [-0.25, -0.2) is 8.42 Å². The number of hydrogen-bond donors (Lipinski definition) is 1. The Morgan fingerprint density at radius 1 is 1.38 bits per heavy atom. The van der Waals surface area contributed by atoms with Crippen LogP contribution in [0.4, 0.5) is 5.82 Å². The molecule has 2 N–H and O–H groups in total. The zero-order chi connectivity index (χ0) is 15.2. The number of nitrogen functional groups attached to an aromatic ring is 1. The molecule has 1 aliphatic heterocycles. The normalized spacial score (nSPS) is 17.4. The molecule has 8 heteroatoms. The molecule has 21 heavy (non-hydrogen) atoms. The third kappa shape index (κ3) is 2.84. The van der Waals surface area contributed by atoms with Crippen LogP contribution in [0, 0.1) is 0 Å². The van der Waals surface area contributed by atoms with E-state index in [1.807, 2.05) is 6.07 Å². The van der Waals surface area contributed by atoms with Gasteiger partial charge < -0.3 is 10.5 Å². The van der Waals surface area contributed by atoms with Crippen molar-refractivity contribution >= 4 is 27.3 Å². The van der Waals surface area contributed by atoms with Crippen LogP contribution in [0.5, 0.6) is 5.75 Å². The van der Waals surface area contributed by atoms with E-state index in [0.717, 1.165) is 11.3 Å². The fraction of sp³-hybridized carbons (Fsp3) is 0.308. The van der Waals surface area contributed by atoms with Crippen LogP contribution < -0.4 is 10.5 Å². The largest absolute Gasteiger partial charge is 0.487 e. The summed E-state index contributed by atoms with van der Waals surface area (Å²) in [5, 5.41) is 4.69. The minimum Gasteiger partial charge on any atom is -0.487 e. The molecule has 2 heterocycles. The Morgan fingerprint density at radius 2 is 2.10 bits per heavy atom. The van der Waals surface area contributed by atoms with Crippen molar-refractivity contribution in [2.45, 2.75) is 6.10 Å². The summed E-state index contributed by atoms with van der Waals surface area (Å²) in [6.45, 7) is 0. The molecule has 3 rings (SSSR count). The first-order valence-corrected chi connectivity index (χ1v) is 8.50. The number of hydrogen-bond acceptors (Lipinski definition) is 5. The van der Waals surface area contributed by atoms with Crippen molar-refractivity contribution in [1.82, 2.24) is 9.78 Å². The minimum absolute atomic E-state index is 0.0435. The van der Waals surface area contributed by atoms with Crippen molar-refractivity contribution in [3.8, 4) is 17.0 Å². The molecule has 1 aliphatic rings. The Bertz CT molecular complexity index is 769. The lowest BCUT2D eigenvalue weighted by atomic mass is 10.1. The molecule has 0 radical (unpaired) electrons. The van der Waals surface area contributed by atoms with Gasteiger partial charge in [-0.2, -0.15) is 5.10 Å². The average molecular weight is 328 g/mol. The fourth-order valence-corrected chi connectivity index (χ4v) is 3.54. The molecule has 0 aliphatic carbocycles. The number of halogens is 1. The van der Waals surface area contributed by atoms with E-state index in [2.05, 4.69) is 5.10 Å². The molecule has 112 valence electrons. The van der Waals surface area contributed by atoms with Gasteiger partial charge in [0.2, 0.25) is 0 Å². The molecule has 1 fully saturated rings. The molecule has 1 aromatic carbocycles. The van der Waals surface area contributed by atoms with Crippen LogP contribution in [-0.2, 0) is 16.9 Å². The van der Waals surface area contributed by atoms with Gasteiger partial charge in [-0.05, 0) is 18.2 Å². The van der Waals surface area contributed by atoms with Gasteiger partial charge >= 0.3 is 0 Å². The number of ether oxygens (including phenoxy) is 1. The molecule has 1 saturated heterocycles. The second kappa shape index (κ2) is 4.92. The van der Waals surface area contributed by atoms with Crippen LogP contribution in [-0.4, -0.2) is 35.8 Å². The third-order valence-corrected chi connectivity index (χ3v) is 5.37. The number of nitrogens with zero attached hydrogens (tertiary/aromatic N) is 2. The highest BCUT2D eigenvalue weighted by atomic mass is 35.5. The summed E-state index contributed by atoms with van der Waals surface area (Å²) in [6, 6.07) is 7.01. The van der Waals surface area contributed by atoms with Gasteiger partial charge in [-0.1, -0.05) is 11.6 Å². The Morgan fingerprint density at radius 3 is 2.62 bits per heavy atom. The summed E-state index contributed by atoms with van der Waals surface area (Å²) in [7, 11) is -1.15. The lowest BCUT2D eigenvalue weighted by Crippen LogP contribution is -2.45. The van der Waals surface area contributed by atoms with Crippen molar-refractivity contribution in [1.29, 1.82) is 0 Å². The second-order valence-electron chi connectivity index (χ2n) is 5.04. The summed E-state index contributed by atoms with van der Waals surface area (Å²) in [5.41, 5.74) is 7.29. The first-order valence-electron chi connectivity index (χ1n) is 6.30. The Balaban J connectivity index is 1.80. The van der Waals surface area contributed by atoms with Gasteiger partial charge in [0.25, 0.3) is 0 Å². The standard InChI is InChI=1S/C13H14ClN3O3S/c1-17-13(15)5-11(16-17)8-2-3-12(10(14)4-8)20-9-6-21(18,19)7-9/h2-5,9H,6-7,15H2,1H3. The van der Waals surface area contributed by atoms with Crippen LogP contribution in [0.1, 0.15) is 0 Å². The number of aryl methyl sites for hydroxylation is 1. The van der Waals surface area contributed by atoms with E-state index in [1.165, 1.54) is 0 Å². The van der Waals surface area contributed by atoms with Gasteiger partial charge in [-0.3, -0.25) is 4.68 Å². The molecule has 0 atom stereocenters. The number of sulfone groups is 1. The third-order valence-electron chi connectivity index (χ3n) is 3.32. The number of benzene rings is 1. The summed E-state index contributed by atoms with van der Waals surface area (Å²) in [6.07, 6.45) is -0.316. The van der Waals surface area contributed by atoms with Crippen molar-refractivity contribution in [3.05, 3.63) is 29.3 Å². The second-order valence-corrected chi connectivity index (χ2v) is 7.60. The molecular weight excluding hydrogens is 314 g/mol. The highest BCUT2D eigenvalue weighted by Crippen LogP contribution is 2.32. The molecule has 6 nitrogen and oxygen atoms in total. The smallest absolute Gasteiger partial charge is 0.157 e. The number of anilines is 1. The first kappa shape index (κ1) is 14.2. The Labute approximate surface area is 127 Å². The van der Waals surface area contributed by atoms with Gasteiger partial charge in [0.15, 0.2) is 9.84 Å². The maximum absolute atomic E-state index is 11.1. The first-order chi connectivity index (χ1) is 9.84. The SMILES string of the molecule is Cn1nc(-c2ccc(OC3CS(=O)(=O)C3)c(Cl)c2)cc1N. The monoisotopic (exact) mass is 327 g/mol. The van der Waals surface area contributed by atoms with E-state index < -0.39 is 9.84 Å². The molecule has 0 spiro atoms. The van der Waals surface area contributed by atoms with E-state index in [-0.39, 0.29) is 17.6 Å². The van der Waals surface area contributed by atoms with E-state index in [1.54, 1.807) is 29.9 Å². The maximum Gasteiger partial charge on any atom is 0.157 e. The molecule has 0 amide bonds. The lowest BCUT2D eigenvalue weighted by Gasteiger charge is -2.26. The predicted octanol–water partition coefficient (Wildman–Crippen LogP) is 1.50. The zero-order valence-corrected chi connectivity index (χ0v) is 12.9. The number of aromatic nitrogens is 2. The molecule has 0 bridgehead atoms. The van der Waals surface area contributed by atoms with Crippen molar-refractivity contribution in [2.24, 2.45) is 7.05 Å². The number of rotatable bonds is 3. The summed E-state index contributed by atoms with van der Waals surface area (Å²) in [5.74, 6) is 1.12. The summed E-state index contributed by atoms with van der Waals surface area (Å²) >= 11 is 6.18.